The van der Waals surface area contributed by atoms with Gasteiger partial charge in [-0.15, -0.1) is 0 Å². The van der Waals surface area contributed by atoms with Crippen LogP contribution < -0.4 is 0 Å². The van der Waals surface area contributed by atoms with Crippen LogP contribution in [-0.4, -0.2) is 103 Å². The molecule has 2 fully saturated rings. The van der Waals surface area contributed by atoms with Gasteiger partial charge in [-0.1, -0.05) is 34.6 Å². The molecule has 3 aliphatic heterocycles. The number of aldehydes is 1. The summed E-state index contributed by atoms with van der Waals surface area (Å²) < 4.78 is 30.6. The number of allylic oxidation sites excluding steroid dienone is 1. The molecule has 13 atom stereocenters. The molecule has 11 heteroatoms. The van der Waals surface area contributed by atoms with Crippen molar-refractivity contribution in [2.24, 2.45) is 23.7 Å². The molecule has 0 aromatic rings. The molecule has 0 saturated carbocycles. The van der Waals surface area contributed by atoms with Gasteiger partial charge in [0.15, 0.2) is 18.2 Å². The van der Waals surface area contributed by atoms with Crippen LogP contribution in [0.4, 0.5) is 0 Å². The van der Waals surface area contributed by atoms with Gasteiger partial charge >= 0.3 is 11.9 Å². The van der Waals surface area contributed by atoms with Crippen LogP contribution in [-0.2, 0) is 42.9 Å². The number of ketones is 1. The van der Waals surface area contributed by atoms with Crippen molar-refractivity contribution in [2.45, 2.75) is 142 Å². The van der Waals surface area contributed by atoms with Crippen LogP contribution >= 0.6 is 0 Å². The van der Waals surface area contributed by atoms with E-state index in [0.29, 0.717) is 12.8 Å². The normalized spacial score (nSPS) is 41.7. The third-order valence-electron chi connectivity index (χ3n) is 9.82. The van der Waals surface area contributed by atoms with Gasteiger partial charge in [-0.05, 0) is 65.3 Å². The topological polar surface area (TPSA) is 141 Å². The molecule has 2 saturated heterocycles. The fraction of sp³-hybridized carbons (Fsp3) is 0.824. The number of aliphatic hydroxyl groups excluding tert-OH is 1. The third kappa shape index (κ3) is 9.44. The first-order valence-corrected chi connectivity index (χ1v) is 16.5. The number of aliphatic hydroxyl groups is 1. The summed E-state index contributed by atoms with van der Waals surface area (Å²) in [7, 11) is 3.79. The molecule has 3 aliphatic rings. The van der Waals surface area contributed by atoms with E-state index in [2.05, 4.69) is 0 Å². The Bertz CT molecular complexity index is 1060. The average molecular weight is 638 g/mol. The average Bonchev–Trinajstić information content (AvgIpc) is 3.67. The third-order valence-corrected chi connectivity index (χ3v) is 9.82. The van der Waals surface area contributed by atoms with Gasteiger partial charge in [0.25, 0.3) is 0 Å². The van der Waals surface area contributed by atoms with Crippen molar-refractivity contribution in [3.8, 4) is 0 Å². The van der Waals surface area contributed by atoms with E-state index in [0.717, 1.165) is 6.29 Å². The van der Waals surface area contributed by atoms with Gasteiger partial charge in [0.2, 0.25) is 0 Å². The summed E-state index contributed by atoms with van der Waals surface area (Å²) >= 11 is 0. The molecule has 3 rings (SSSR count). The van der Waals surface area contributed by atoms with Gasteiger partial charge in [0, 0.05) is 30.6 Å². The Morgan fingerprint density at radius 1 is 1.11 bits per heavy atom. The summed E-state index contributed by atoms with van der Waals surface area (Å²) in [6, 6.07) is -0.214. The lowest BCUT2D eigenvalue weighted by Crippen LogP contribution is -2.57. The first-order valence-electron chi connectivity index (χ1n) is 16.5. The number of nitrogens with zero attached hydrogens (tertiary/aromatic N) is 1. The molecule has 1 N–H and O–H groups in total. The van der Waals surface area contributed by atoms with Crippen molar-refractivity contribution in [1.82, 2.24) is 4.90 Å². The summed E-state index contributed by atoms with van der Waals surface area (Å²) in [6.45, 7) is 13.0. The number of hydrogen-bond acceptors (Lipinski definition) is 11. The fourth-order valence-corrected chi connectivity index (χ4v) is 6.84. The smallest absolute Gasteiger partial charge is 0.308 e. The second-order valence-corrected chi connectivity index (χ2v) is 13.7. The molecule has 0 aromatic heterocycles. The molecular weight excluding hydrogens is 582 g/mol. The van der Waals surface area contributed by atoms with E-state index in [4.69, 9.17) is 23.7 Å². The van der Waals surface area contributed by atoms with Gasteiger partial charge in [-0.25, -0.2) is 0 Å². The van der Waals surface area contributed by atoms with Gasteiger partial charge in [-0.3, -0.25) is 14.4 Å². The second-order valence-electron chi connectivity index (χ2n) is 13.7. The highest BCUT2D eigenvalue weighted by Crippen LogP contribution is 2.45. The Morgan fingerprint density at radius 2 is 1.80 bits per heavy atom. The van der Waals surface area contributed by atoms with Crippen molar-refractivity contribution in [2.75, 3.05) is 14.1 Å². The number of ether oxygens (including phenoxy) is 5. The summed E-state index contributed by atoms with van der Waals surface area (Å²) in [5.74, 6) is -2.87. The zero-order valence-electron chi connectivity index (χ0n) is 28.5. The second kappa shape index (κ2) is 16.1. The molecule has 0 radical (unpaired) electrons. The number of cyclic esters (lactones) is 1. The summed E-state index contributed by atoms with van der Waals surface area (Å²) in [5, 5.41) is 11.4. The maximum absolute atomic E-state index is 13.3. The van der Waals surface area contributed by atoms with E-state index in [1.165, 1.54) is 6.08 Å². The number of carbonyl (C=O) groups excluding carboxylic acids is 4. The predicted octanol–water partition coefficient (Wildman–Crippen LogP) is 3.63. The van der Waals surface area contributed by atoms with E-state index in [-0.39, 0.29) is 55.6 Å². The van der Waals surface area contributed by atoms with Crippen molar-refractivity contribution >= 4 is 24.0 Å². The van der Waals surface area contributed by atoms with Gasteiger partial charge < -0.3 is 38.5 Å². The number of epoxide rings is 1. The summed E-state index contributed by atoms with van der Waals surface area (Å²) in [4.78, 5) is 53.0. The molecule has 0 bridgehead atoms. The minimum atomic E-state index is -1.19. The lowest BCUT2D eigenvalue weighted by Gasteiger charge is -2.45. The highest BCUT2D eigenvalue weighted by atomic mass is 16.7. The number of likely N-dealkylation sites (N-methyl/N-ethyl adjacent to an activating group) is 1. The number of rotatable bonds is 8. The molecule has 3 heterocycles. The quantitative estimate of drug-likeness (QED) is 0.237. The van der Waals surface area contributed by atoms with Crippen molar-refractivity contribution in [3.63, 3.8) is 0 Å². The standard InChI is InChI=1S/C34H55NO10/c1-10-27-22(6)32-34(7,45-32)14-12-25(37)19(3)16-23(13-15-36)30(21(5)26(38)18-29(40)42-27)44-33-31(43-28(39)11-2)24(35(8)9)17-20(4)41-33/h12,14-15,19-24,26-27,30-33,38H,10-11,13,16-18H2,1-9H3. The molecule has 0 spiro atoms. The number of hydrogen-bond donors (Lipinski definition) is 1. The van der Waals surface area contributed by atoms with Crippen LogP contribution in [0, 0.1) is 23.7 Å². The Hall–Kier alpha value is -2.18. The van der Waals surface area contributed by atoms with Crippen LogP contribution in [0.15, 0.2) is 12.2 Å². The first kappa shape index (κ1) is 37.3. The Labute approximate surface area is 268 Å². The van der Waals surface area contributed by atoms with E-state index >= 15 is 0 Å². The van der Waals surface area contributed by atoms with Crippen LogP contribution in [0.25, 0.3) is 0 Å². The highest BCUT2D eigenvalue weighted by Gasteiger charge is 2.55. The molecule has 256 valence electrons. The minimum absolute atomic E-state index is 0.0463. The molecule has 0 amide bonds. The van der Waals surface area contributed by atoms with Crippen LogP contribution in [0.3, 0.4) is 0 Å². The van der Waals surface area contributed by atoms with Crippen LogP contribution in [0.2, 0.25) is 0 Å². The number of carbonyl (C=O) groups is 4. The van der Waals surface area contributed by atoms with Crippen LogP contribution in [0.1, 0.15) is 87.0 Å². The van der Waals surface area contributed by atoms with Crippen LogP contribution in [0.5, 0.6) is 0 Å². The summed E-state index contributed by atoms with van der Waals surface area (Å²) in [5.41, 5.74) is -0.656. The van der Waals surface area contributed by atoms with Crippen molar-refractivity contribution < 1.29 is 48.0 Å². The zero-order valence-corrected chi connectivity index (χ0v) is 28.5. The van der Waals surface area contributed by atoms with E-state index in [9.17, 15) is 24.3 Å². The summed E-state index contributed by atoms with van der Waals surface area (Å²) in [6.07, 6.45) is 0.746. The molecule has 13 unspecified atom stereocenters. The number of esters is 2. The van der Waals surface area contributed by atoms with E-state index in [1.807, 2.05) is 46.7 Å². The maximum Gasteiger partial charge on any atom is 0.308 e. The Kier molecular flexibility index (Phi) is 13.3. The SMILES string of the molecule is CCC(=O)OC1C(OC2C(CC=O)CC(C)C(=O)C=CC3(C)OC3C(C)C(CC)OC(=O)CC(O)C2C)OC(C)CC1N(C)C. The minimum Gasteiger partial charge on any atom is -0.462 e. The lowest BCUT2D eigenvalue weighted by atomic mass is 9.79. The maximum atomic E-state index is 13.3. The number of fused-ring (bicyclic) bond motifs is 1. The molecule has 0 aromatic carbocycles. The largest absolute Gasteiger partial charge is 0.462 e. The van der Waals surface area contributed by atoms with Gasteiger partial charge in [0.1, 0.15) is 18.0 Å². The monoisotopic (exact) mass is 637 g/mol. The molecule has 45 heavy (non-hydrogen) atoms. The Balaban J connectivity index is 2.01. The highest BCUT2D eigenvalue weighted by molar-refractivity contribution is 5.91. The molecule has 0 aliphatic carbocycles. The molecular formula is C34H55NO10. The zero-order chi connectivity index (χ0) is 33.6. The predicted molar refractivity (Wildman–Crippen MR) is 166 cm³/mol. The fourth-order valence-electron chi connectivity index (χ4n) is 6.84. The van der Waals surface area contributed by atoms with Gasteiger partial charge in [-0.2, -0.15) is 0 Å². The Morgan fingerprint density at radius 3 is 2.40 bits per heavy atom. The van der Waals surface area contributed by atoms with E-state index < -0.39 is 66.0 Å². The van der Waals surface area contributed by atoms with Crippen molar-refractivity contribution in [3.05, 3.63) is 12.2 Å². The lowest BCUT2D eigenvalue weighted by molar-refractivity contribution is -0.286. The first-order chi connectivity index (χ1) is 21.1. The van der Waals surface area contributed by atoms with Gasteiger partial charge in [0.05, 0.1) is 36.9 Å². The van der Waals surface area contributed by atoms with Crippen molar-refractivity contribution in [1.29, 1.82) is 0 Å². The van der Waals surface area contributed by atoms with E-state index in [1.54, 1.807) is 26.8 Å². The molecule has 11 nitrogen and oxygen atoms in total.